The summed E-state index contributed by atoms with van der Waals surface area (Å²) in [5.41, 5.74) is 2.46. The molecule has 5 nitrogen and oxygen atoms in total. The molecule has 0 aromatic carbocycles. The Morgan fingerprint density at radius 1 is 1.41 bits per heavy atom. The van der Waals surface area contributed by atoms with E-state index < -0.39 is 0 Å². The van der Waals surface area contributed by atoms with Crippen molar-refractivity contribution in [2.45, 2.75) is 26.2 Å². The van der Waals surface area contributed by atoms with Gasteiger partial charge in [-0.25, -0.2) is 9.78 Å². The summed E-state index contributed by atoms with van der Waals surface area (Å²) in [7, 11) is 1.40. The maximum absolute atomic E-state index is 11.6. The molecule has 2 aromatic heterocycles. The van der Waals surface area contributed by atoms with Crippen LogP contribution in [0.15, 0.2) is 24.5 Å². The van der Waals surface area contributed by atoms with E-state index in [1.165, 1.54) is 33.0 Å². The van der Waals surface area contributed by atoms with E-state index >= 15 is 0 Å². The van der Waals surface area contributed by atoms with E-state index in [1.807, 2.05) is 10.6 Å². The maximum atomic E-state index is 11.6. The molecule has 0 saturated carbocycles. The number of piperidine rings is 1. The molecule has 0 spiro atoms. The van der Waals surface area contributed by atoms with Gasteiger partial charge in [0.2, 0.25) is 0 Å². The number of hydrogen-bond donors (Lipinski definition) is 0. The molecule has 1 aliphatic rings. The van der Waals surface area contributed by atoms with Crippen LogP contribution in [0.1, 0.15) is 35.8 Å². The maximum Gasteiger partial charge on any atom is 0.338 e. The van der Waals surface area contributed by atoms with Crippen molar-refractivity contribution < 1.29 is 9.53 Å². The first-order chi connectivity index (χ1) is 10.7. The summed E-state index contributed by atoms with van der Waals surface area (Å²) >= 11 is 0. The first kappa shape index (κ1) is 15.0. The molecule has 0 radical (unpaired) electrons. The topological polar surface area (TPSA) is 46.8 Å². The van der Waals surface area contributed by atoms with E-state index in [9.17, 15) is 4.79 Å². The highest BCUT2D eigenvalue weighted by Gasteiger charge is 2.19. The van der Waals surface area contributed by atoms with Crippen molar-refractivity contribution in [3.63, 3.8) is 0 Å². The fourth-order valence-electron chi connectivity index (χ4n) is 3.18. The minimum absolute atomic E-state index is 0.320. The summed E-state index contributed by atoms with van der Waals surface area (Å²) in [4.78, 5) is 18.7. The van der Waals surface area contributed by atoms with E-state index in [0.29, 0.717) is 11.5 Å². The fourth-order valence-corrected chi connectivity index (χ4v) is 3.18. The smallest absolute Gasteiger partial charge is 0.338 e. The molecule has 118 valence electrons. The Balaban J connectivity index is 1.71. The Morgan fingerprint density at radius 2 is 2.18 bits per heavy atom. The lowest BCUT2D eigenvalue weighted by atomic mass is 9.92. The van der Waals surface area contributed by atoms with Crippen LogP contribution in [0.4, 0.5) is 0 Å². The van der Waals surface area contributed by atoms with Crippen LogP contribution < -0.4 is 0 Å². The standard InChI is InChI=1S/C17H23N3O2/c1-3-19-7-4-13(5-8-19)10-15-12-20-9-6-14(17(21)22-2)11-16(20)18-15/h6,9,11-13H,3-5,7-8,10H2,1-2H3. The molecule has 0 unspecified atom stereocenters. The third-order valence-corrected chi connectivity index (χ3v) is 4.58. The molecule has 5 heteroatoms. The highest BCUT2D eigenvalue weighted by atomic mass is 16.5. The average Bonchev–Trinajstić information content (AvgIpc) is 2.96. The minimum atomic E-state index is -0.320. The highest BCUT2D eigenvalue weighted by molar-refractivity contribution is 5.90. The molecule has 22 heavy (non-hydrogen) atoms. The monoisotopic (exact) mass is 301 g/mol. The van der Waals surface area contributed by atoms with Gasteiger partial charge < -0.3 is 14.0 Å². The molecule has 0 atom stereocenters. The van der Waals surface area contributed by atoms with Crippen molar-refractivity contribution in [3.05, 3.63) is 35.8 Å². The van der Waals surface area contributed by atoms with Gasteiger partial charge in [0.1, 0.15) is 5.65 Å². The molecular formula is C17H23N3O2. The van der Waals surface area contributed by atoms with Crippen LogP contribution in [0, 0.1) is 5.92 Å². The van der Waals surface area contributed by atoms with Crippen LogP contribution >= 0.6 is 0 Å². The number of carbonyl (C=O) groups excluding carboxylic acids is 1. The number of hydrogen-bond acceptors (Lipinski definition) is 4. The molecule has 0 N–H and O–H groups in total. The summed E-state index contributed by atoms with van der Waals surface area (Å²) in [6.07, 6.45) is 7.46. The molecule has 1 fully saturated rings. The second-order valence-electron chi connectivity index (χ2n) is 5.99. The zero-order valence-corrected chi connectivity index (χ0v) is 13.3. The first-order valence-corrected chi connectivity index (χ1v) is 7.98. The number of aromatic nitrogens is 2. The first-order valence-electron chi connectivity index (χ1n) is 7.98. The van der Waals surface area contributed by atoms with E-state index in [0.717, 1.165) is 24.3 Å². The van der Waals surface area contributed by atoms with E-state index in [-0.39, 0.29) is 5.97 Å². The summed E-state index contributed by atoms with van der Waals surface area (Å²) in [5.74, 6) is 0.395. The van der Waals surface area contributed by atoms with E-state index in [4.69, 9.17) is 4.74 Å². The van der Waals surface area contributed by atoms with Gasteiger partial charge in [-0.3, -0.25) is 0 Å². The molecule has 0 bridgehead atoms. The Bertz CT molecular complexity index is 657. The van der Waals surface area contributed by atoms with Gasteiger partial charge in [-0.2, -0.15) is 0 Å². The number of likely N-dealkylation sites (tertiary alicyclic amines) is 1. The van der Waals surface area contributed by atoms with E-state index in [2.05, 4.69) is 23.0 Å². The number of rotatable bonds is 4. The molecule has 1 aliphatic heterocycles. The summed E-state index contributed by atoms with van der Waals surface area (Å²) < 4.78 is 6.73. The van der Waals surface area contributed by atoms with Gasteiger partial charge in [-0.15, -0.1) is 0 Å². The van der Waals surface area contributed by atoms with Crippen molar-refractivity contribution >= 4 is 11.6 Å². The van der Waals surface area contributed by atoms with Crippen molar-refractivity contribution in [1.29, 1.82) is 0 Å². The Morgan fingerprint density at radius 3 is 2.86 bits per heavy atom. The second-order valence-corrected chi connectivity index (χ2v) is 5.99. The average molecular weight is 301 g/mol. The van der Waals surface area contributed by atoms with Crippen molar-refractivity contribution in [2.75, 3.05) is 26.7 Å². The lowest BCUT2D eigenvalue weighted by molar-refractivity contribution is 0.0600. The molecule has 2 aromatic rings. The van der Waals surface area contributed by atoms with Gasteiger partial charge in [0.05, 0.1) is 18.4 Å². The van der Waals surface area contributed by atoms with Crippen LogP contribution in [-0.2, 0) is 11.2 Å². The molecular weight excluding hydrogens is 278 g/mol. The number of ether oxygens (including phenoxy) is 1. The number of esters is 1. The van der Waals surface area contributed by atoms with Gasteiger partial charge in [0.15, 0.2) is 0 Å². The molecule has 1 saturated heterocycles. The summed E-state index contributed by atoms with van der Waals surface area (Å²) in [6, 6.07) is 3.55. The predicted octanol–water partition coefficient (Wildman–Crippen LogP) is 2.40. The third kappa shape index (κ3) is 3.14. The molecule has 0 aliphatic carbocycles. The van der Waals surface area contributed by atoms with Gasteiger partial charge in [0.25, 0.3) is 0 Å². The predicted molar refractivity (Wildman–Crippen MR) is 85.1 cm³/mol. The highest BCUT2D eigenvalue weighted by Crippen LogP contribution is 2.21. The lowest BCUT2D eigenvalue weighted by Gasteiger charge is -2.30. The molecule has 3 heterocycles. The lowest BCUT2D eigenvalue weighted by Crippen LogP contribution is -2.34. The second kappa shape index (κ2) is 6.48. The summed E-state index contributed by atoms with van der Waals surface area (Å²) in [5, 5.41) is 0. The zero-order chi connectivity index (χ0) is 15.5. The number of carbonyl (C=O) groups is 1. The number of methoxy groups -OCH3 is 1. The fraction of sp³-hybridized carbons (Fsp3) is 0.529. The van der Waals surface area contributed by atoms with Crippen LogP contribution in [0.2, 0.25) is 0 Å². The molecule has 3 rings (SSSR count). The SMILES string of the molecule is CCN1CCC(Cc2cn3ccc(C(=O)OC)cc3n2)CC1. The number of fused-ring (bicyclic) bond motifs is 1. The minimum Gasteiger partial charge on any atom is -0.465 e. The Labute approximate surface area is 130 Å². The van der Waals surface area contributed by atoms with Gasteiger partial charge in [-0.1, -0.05) is 6.92 Å². The van der Waals surface area contributed by atoms with Crippen molar-refractivity contribution in [1.82, 2.24) is 14.3 Å². The normalized spacial score (nSPS) is 17.0. The van der Waals surface area contributed by atoms with Crippen LogP contribution in [0.5, 0.6) is 0 Å². The summed E-state index contributed by atoms with van der Waals surface area (Å²) in [6.45, 7) is 5.76. The van der Waals surface area contributed by atoms with Crippen molar-refractivity contribution in [3.8, 4) is 0 Å². The van der Waals surface area contributed by atoms with Crippen LogP contribution in [0.25, 0.3) is 5.65 Å². The third-order valence-electron chi connectivity index (χ3n) is 4.58. The van der Waals surface area contributed by atoms with Gasteiger partial charge in [0, 0.05) is 12.4 Å². The Kier molecular flexibility index (Phi) is 4.43. The van der Waals surface area contributed by atoms with Gasteiger partial charge >= 0.3 is 5.97 Å². The Hall–Kier alpha value is -1.88. The van der Waals surface area contributed by atoms with Crippen molar-refractivity contribution in [2.24, 2.45) is 5.92 Å². The zero-order valence-electron chi connectivity index (χ0n) is 13.3. The quantitative estimate of drug-likeness (QED) is 0.814. The van der Waals surface area contributed by atoms with Crippen LogP contribution in [-0.4, -0.2) is 47.0 Å². The van der Waals surface area contributed by atoms with Crippen LogP contribution in [0.3, 0.4) is 0 Å². The van der Waals surface area contributed by atoms with Gasteiger partial charge in [-0.05, 0) is 56.9 Å². The molecule has 0 amide bonds. The van der Waals surface area contributed by atoms with E-state index in [1.54, 1.807) is 12.1 Å². The number of nitrogens with zero attached hydrogens (tertiary/aromatic N) is 3. The number of imidazole rings is 1. The largest absolute Gasteiger partial charge is 0.465 e. The number of pyridine rings is 1.